The number of carbonyl (C=O) groups excluding carboxylic acids is 1. The van der Waals surface area contributed by atoms with E-state index in [4.69, 9.17) is 5.11 Å². The van der Waals surface area contributed by atoms with Crippen molar-refractivity contribution in [3.8, 4) is 0 Å². The van der Waals surface area contributed by atoms with Gasteiger partial charge >= 0.3 is 0 Å². The van der Waals surface area contributed by atoms with Gasteiger partial charge in [0.1, 0.15) is 12.4 Å². The minimum Gasteiger partial charge on any atom is -0.547 e. The van der Waals surface area contributed by atoms with E-state index < -0.39 is 12.1 Å². The number of imidazole rings is 1. The Labute approximate surface area is 134 Å². The first-order valence-electron chi connectivity index (χ1n) is 8.48. The van der Waals surface area contributed by atoms with Crippen LogP contribution in [-0.2, 0) is 11.3 Å². The van der Waals surface area contributed by atoms with Crippen molar-refractivity contribution < 1.29 is 19.6 Å². The van der Waals surface area contributed by atoms with Crippen LogP contribution in [0.25, 0.3) is 0 Å². The monoisotopic (exact) mass is 312 g/mol. The molecule has 0 bridgehead atoms. The molecule has 1 atom stereocenters. The van der Waals surface area contributed by atoms with E-state index >= 15 is 0 Å². The molecule has 0 fully saturated rings. The average molecular weight is 312 g/mol. The Balaban J connectivity index is 0.000000626. The number of carboxylic acid groups (broad SMARTS) is 1. The van der Waals surface area contributed by atoms with Gasteiger partial charge in [-0.25, -0.2) is 4.57 Å². The lowest BCUT2D eigenvalue weighted by Crippen LogP contribution is -2.32. The maximum atomic E-state index is 9.34. The summed E-state index contributed by atoms with van der Waals surface area (Å²) in [7, 11) is 0. The molecule has 0 saturated carbocycles. The first-order valence-corrected chi connectivity index (χ1v) is 8.48. The van der Waals surface area contributed by atoms with Crippen molar-refractivity contribution in [2.45, 2.75) is 84.3 Å². The number of aliphatic carboxylic acids is 1. The number of hydrogen-bond donors (Lipinski definition) is 2. The fraction of sp³-hybridized carbons (Fsp3) is 0.765. The molecule has 0 radical (unpaired) electrons. The molecular weight excluding hydrogens is 280 g/mol. The van der Waals surface area contributed by atoms with Gasteiger partial charge in [-0.05, 0) is 19.8 Å². The lowest BCUT2D eigenvalue weighted by Gasteiger charge is -2.00. The summed E-state index contributed by atoms with van der Waals surface area (Å²) >= 11 is 0. The molecule has 128 valence electrons. The second kappa shape index (κ2) is 14.6. The van der Waals surface area contributed by atoms with Crippen LogP contribution < -0.4 is 9.67 Å². The van der Waals surface area contributed by atoms with Gasteiger partial charge in [-0.1, -0.05) is 51.9 Å². The summed E-state index contributed by atoms with van der Waals surface area (Å²) in [6.07, 6.45) is 17.4. The molecule has 2 N–H and O–H groups in total. The molecule has 0 aromatic carbocycles. The van der Waals surface area contributed by atoms with E-state index in [1.54, 1.807) is 0 Å². The predicted molar refractivity (Wildman–Crippen MR) is 84.9 cm³/mol. The number of aliphatic hydroxyl groups is 1. The smallest absolute Gasteiger partial charge is 0.241 e. The molecule has 0 aliphatic heterocycles. The van der Waals surface area contributed by atoms with E-state index in [9.17, 15) is 9.90 Å². The molecule has 0 spiro atoms. The van der Waals surface area contributed by atoms with E-state index in [0.717, 1.165) is 6.92 Å². The largest absolute Gasteiger partial charge is 0.547 e. The Morgan fingerprint density at radius 2 is 1.64 bits per heavy atom. The molecule has 1 heterocycles. The van der Waals surface area contributed by atoms with Crippen molar-refractivity contribution in [2.24, 2.45) is 0 Å². The zero-order chi connectivity index (χ0) is 16.6. The Morgan fingerprint density at radius 1 is 1.14 bits per heavy atom. The summed E-state index contributed by atoms with van der Waals surface area (Å²) in [5, 5.41) is 17.3. The van der Waals surface area contributed by atoms with E-state index in [-0.39, 0.29) is 0 Å². The van der Waals surface area contributed by atoms with Crippen LogP contribution >= 0.6 is 0 Å². The van der Waals surface area contributed by atoms with Crippen molar-refractivity contribution in [3.05, 3.63) is 18.7 Å². The fourth-order valence-electron chi connectivity index (χ4n) is 2.06. The zero-order valence-corrected chi connectivity index (χ0v) is 14.1. The van der Waals surface area contributed by atoms with Crippen molar-refractivity contribution in [2.75, 3.05) is 0 Å². The molecule has 5 nitrogen and oxygen atoms in total. The lowest BCUT2D eigenvalue weighted by atomic mass is 10.1. The first kappa shape index (κ1) is 20.6. The number of carboxylic acids is 1. The molecular formula is C17H32N2O3. The second-order valence-electron chi connectivity index (χ2n) is 5.67. The SMILES string of the molecule is CCCCCCCCCCC[n+]1cc[nH]c1.C[C@H](O)C(=O)[O-]. The number of rotatable bonds is 11. The third kappa shape index (κ3) is 13.6. The van der Waals surface area contributed by atoms with Crippen molar-refractivity contribution in [1.29, 1.82) is 0 Å². The number of carbonyl (C=O) groups is 1. The third-order valence-electron chi connectivity index (χ3n) is 3.46. The summed E-state index contributed by atoms with van der Waals surface area (Å²) < 4.78 is 2.22. The number of aliphatic hydroxyl groups excluding tert-OH is 1. The molecule has 0 aliphatic rings. The Hall–Kier alpha value is -1.36. The topological polar surface area (TPSA) is 80.0 Å². The van der Waals surface area contributed by atoms with Crippen molar-refractivity contribution in [1.82, 2.24) is 4.98 Å². The van der Waals surface area contributed by atoms with E-state index in [2.05, 4.69) is 22.7 Å². The van der Waals surface area contributed by atoms with Gasteiger partial charge in [-0.2, -0.15) is 0 Å². The van der Waals surface area contributed by atoms with Crippen LogP contribution in [0.1, 0.15) is 71.6 Å². The molecule has 0 saturated heterocycles. The van der Waals surface area contributed by atoms with Crippen LogP contribution in [0.5, 0.6) is 0 Å². The van der Waals surface area contributed by atoms with Crippen LogP contribution in [0.2, 0.25) is 0 Å². The van der Waals surface area contributed by atoms with Gasteiger partial charge < -0.3 is 15.0 Å². The fourth-order valence-corrected chi connectivity index (χ4v) is 2.06. The normalized spacial score (nSPS) is 11.6. The number of hydrogen-bond acceptors (Lipinski definition) is 3. The number of nitrogens with zero attached hydrogens (tertiary/aromatic N) is 1. The van der Waals surface area contributed by atoms with Crippen molar-refractivity contribution >= 4 is 5.97 Å². The average Bonchev–Trinajstić information content (AvgIpc) is 2.99. The van der Waals surface area contributed by atoms with Crippen LogP contribution in [0.3, 0.4) is 0 Å². The minimum absolute atomic E-state index is 1.13. The van der Waals surface area contributed by atoms with Gasteiger partial charge in [-0.15, -0.1) is 0 Å². The molecule has 1 rings (SSSR count). The number of unbranched alkanes of at least 4 members (excludes halogenated alkanes) is 8. The lowest BCUT2D eigenvalue weighted by molar-refractivity contribution is -0.696. The van der Waals surface area contributed by atoms with E-state index in [1.807, 2.05) is 12.5 Å². The molecule has 22 heavy (non-hydrogen) atoms. The summed E-state index contributed by atoms with van der Waals surface area (Å²) in [6, 6.07) is 0. The quantitative estimate of drug-likeness (QED) is 0.484. The molecule has 1 aromatic rings. The van der Waals surface area contributed by atoms with E-state index in [0.29, 0.717) is 0 Å². The molecule has 1 aromatic heterocycles. The Bertz CT molecular complexity index is 351. The van der Waals surface area contributed by atoms with Gasteiger partial charge in [0.2, 0.25) is 6.33 Å². The number of aromatic nitrogens is 2. The van der Waals surface area contributed by atoms with Crippen molar-refractivity contribution in [3.63, 3.8) is 0 Å². The maximum Gasteiger partial charge on any atom is 0.241 e. The molecule has 5 heteroatoms. The van der Waals surface area contributed by atoms with Gasteiger partial charge in [0.05, 0.1) is 18.6 Å². The first-order chi connectivity index (χ1) is 10.6. The predicted octanol–water partition coefficient (Wildman–Crippen LogP) is 1.95. The zero-order valence-electron chi connectivity index (χ0n) is 14.1. The molecule has 0 unspecified atom stereocenters. The maximum absolute atomic E-state index is 9.34. The highest BCUT2D eigenvalue weighted by atomic mass is 16.4. The van der Waals surface area contributed by atoms with Gasteiger partial charge in [0.15, 0.2) is 0 Å². The summed E-state index contributed by atoms with van der Waals surface area (Å²) in [6.45, 7) is 4.58. The summed E-state index contributed by atoms with van der Waals surface area (Å²) in [5.41, 5.74) is 0. The van der Waals surface area contributed by atoms with Crippen LogP contribution in [-0.4, -0.2) is 22.2 Å². The highest BCUT2D eigenvalue weighted by Crippen LogP contribution is 2.09. The second-order valence-corrected chi connectivity index (χ2v) is 5.67. The highest BCUT2D eigenvalue weighted by Gasteiger charge is 1.96. The van der Waals surface area contributed by atoms with E-state index in [1.165, 1.54) is 64.3 Å². The van der Waals surface area contributed by atoms with Gasteiger partial charge in [0.25, 0.3) is 0 Å². The number of nitrogens with one attached hydrogen (secondary N) is 1. The number of H-pyrrole nitrogens is 1. The summed E-state index contributed by atoms with van der Waals surface area (Å²) in [5.74, 6) is -1.44. The number of aromatic amines is 1. The highest BCUT2D eigenvalue weighted by molar-refractivity contribution is 5.68. The Kier molecular flexibility index (Phi) is 13.7. The molecule has 0 amide bonds. The minimum atomic E-state index is -1.44. The third-order valence-corrected chi connectivity index (χ3v) is 3.46. The van der Waals surface area contributed by atoms with Gasteiger partial charge in [0, 0.05) is 0 Å². The summed E-state index contributed by atoms with van der Waals surface area (Å²) in [4.78, 5) is 12.4. The van der Waals surface area contributed by atoms with Crippen LogP contribution in [0, 0.1) is 0 Å². The van der Waals surface area contributed by atoms with Gasteiger partial charge in [-0.3, -0.25) is 4.98 Å². The standard InChI is InChI=1S/C14H26N2.C3H6O3/c1-2-3-4-5-6-7-8-9-10-12-16-13-11-15-14-16;1-2(4)3(5)6/h11,13-14H,2-10,12H2,1H3;2,4H,1H3,(H,5,6)/t;2-/m.0/s1. The Morgan fingerprint density at radius 3 is 2.05 bits per heavy atom. The molecule has 0 aliphatic carbocycles. The van der Waals surface area contributed by atoms with Crippen LogP contribution in [0.4, 0.5) is 0 Å². The number of aryl methyl sites for hydroxylation is 1. The van der Waals surface area contributed by atoms with Crippen LogP contribution in [0.15, 0.2) is 18.7 Å².